The Bertz CT molecular complexity index is 628. The Balaban J connectivity index is 1.99. The Hall–Kier alpha value is -1.95. The molecule has 0 radical (unpaired) electrons. The zero-order valence-corrected chi connectivity index (χ0v) is 14.2. The molecule has 2 rings (SSSR count). The van der Waals surface area contributed by atoms with E-state index in [2.05, 4.69) is 50.4 Å². The number of carbonyl (C=O) groups excluding carboxylic acids is 1. The highest BCUT2D eigenvalue weighted by atomic mass is 79.9. The Morgan fingerprint density at radius 2 is 1.95 bits per heavy atom. The summed E-state index contributed by atoms with van der Waals surface area (Å²) in [5, 5.41) is 6.01. The highest BCUT2D eigenvalue weighted by Crippen LogP contribution is 2.15. The number of nitrogens with one attached hydrogen (secondary N) is 2. The zero-order valence-electron chi connectivity index (χ0n) is 12.6. The van der Waals surface area contributed by atoms with Crippen molar-refractivity contribution >= 4 is 33.3 Å². The molecule has 2 aromatic rings. The van der Waals surface area contributed by atoms with Gasteiger partial charge in [-0.05, 0) is 36.6 Å². The second-order valence-corrected chi connectivity index (χ2v) is 6.27. The topological polar surface area (TPSA) is 66.9 Å². The van der Waals surface area contributed by atoms with Gasteiger partial charge >= 0.3 is 0 Å². The lowest BCUT2D eigenvalue weighted by molar-refractivity contribution is 0.102. The summed E-state index contributed by atoms with van der Waals surface area (Å²) in [4.78, 5) is 20.3. The fourth-order valence-corrected chi connectivity index (χ4v) is 2.06. The summed E-state index contributed by atoms with van der Waals surface area (Å²) in [7, 11) is 0. The molecule has 22 heavy (non-hydrogen) atoms. The van der Waals surface area contributed by atoms with Crippen LogP contribution in [0.1, 0.15) is 30.8 Å². The summed E-state index contributed by atoms with van der Waals surface area (Å²) in [5.41, 5.74) is 1.06. The average Bonchev–Trinajstić information content (AvgIpc) is 2.49. The minimum Gasteiger partial charge on any atom is -0.370 e. The summed E-state index contributed by atoms with van der Waals surface area (Å²) in [6.07, 6.45) is 2.44. The van der Waals surface area contributed by atoms with Crippen LogP contribution in [0, 0.1) is 5.92 Å². The molecule has 5 nitrogen and oxygen atoms in total. The van der Waals surface area contributed by atoms with E-state index in [0.717, 1.165) is 23.1 Å². The van der Waals surface area contributed by atoms with Gasteiger partial charge in [0.25, 0.3) is 5.91 Å². The Morgan fingerprint density at radius 1 is 1.23 bits per heavy atom. The Kier molecular flexibility index (Phi) is 5.89. The Labute approximate surface area is 138 Å². The van der Waals surface area contributed by atoms with Crippen LogP contribution in [-0.4, -0.2) is 22.4 Å². The van der Waals surface area contributed by atoms with Crippen molar-refractivity contribution in [2.75, 3.05) is 17.2 Å². The van der Waals surface area contributed by atoms with Crippen molar-refractivity contribution in [3.63, 3.8) is 0 Å². The first kappa shape index (κ1) is 16.4. The number of amides is 1. The molecule has 0 fully saturated rings. The SMILES string of the molecule is CC(C)CCNc1cc(C(=O)Nc2ccc(Br)cc2)ncn1. The van der Waals surface area contributed by atoms with Crippen LogP contribution >= 0.6 is 15.9 Å². The Morgan fingerprint density at radius 3 is 2.64 bits per heavy atom. The molecule has 1 amide bonds. The minimum absolute atomic E-state index is 0.253. The molecular formula is C16H19BrN4O. The van der Waals surface area contributed by atoms with Gasteiger partial charge in [0.15, 0.2) is 0 Å². The van der Waals surface area contributed by atoms with Gasteiger partial charge in [0.05, 0.1) is 0 Å². The van der Waals surface area contributed by atoms with Gasteiger partial charge in [-0.1, -0.05) is 29.8 Å². The fraction of sp³-hybridized carbons (Fsp3) is 0.312. The number of aromatic nitrogens is 2. The van der Waals surface area contributed by atoms with Crippen LogP contribution in [0.2, 0.25) is 0 Å². The standard InChI is InChI=1S/C16H19BrN4O/c1-11(2)7-8-18-15-9-14(19-10-20-15)16(22)21-13-5-3-12(17)4-6-13/h3-6,9-11H,7-8H2,1-2H3,(H,21,22)(H,18,19,20). The predicted molar refractivity (Wildman–Crippen MR) is 92.1 cm³/mol. The number of halogens is 1. The van der Waals surface area contributed by atoms with Gasteiger partial charge in [-0.25, -0.2) is 9.97 Å². The molecule has 116 valence electrons. The fourth-order valence-electron chi connectivity index (χ4n) is 1.80. The van der Waals surface area contributed by atoms with Crippen LogP contribution < -0.4 is 10.6 Å². The number of rotatable bonds is 6. The van der Waals surface area contributed by atoms with Crippen molar-refractivity contribution in [2.45, 2.75) is 20.3 Å². The summed E-state index contributed by atoms with van der Waals surface area (Å²) in [6.45, 7) is 5.15. The smallest absolute Gasteiger partial charge is 0.274 e. The van der Waals surface area contributed by atoms with Crippen LogP contribution in [0.5, 0.6) is 0 Å². The number of benzene rings is 1. The molecule has 0 saturated heterocycles. The monoisotopic (exact) mass is 362 g/mol. The molecular weight excluding hydrogens is 344 g/mol. The van der Waals surface area contributed by atoms with E-state index in [9.17, 15) is 4.79 Å². The van der Waals surface area contributed by atoms with E-state index in [-0.39, 0.29) is 5.91 Å². The molecule has 0 aliphatic carbocycles. The van der Waals surface area contributed by atoms with Gasteiger partial charge in [0, 0.05) is 22.8 Å². The quantitative estimate of drug-likeness (QED) is 0.816. The molecule has 1 heterocycles. The van der Waals surface area contributed by atoms with Gasteiger partial charge in [-0.15, -0.1) is 0 Å². The number of hydrogen-bond acceptors (Lipinski definition) is 4. The first-order valence-corrected chi connectivity index (χ1v) is 7.96. The first-order valence-electron chi connectivity index (χ1n) is 7.17. The van der Waals surface area contributed by atoms with Gasteiger partial charge in [-0.3, -0.25) is 4.79 Å². The van der Waals surface area contributed by atoms with E-state index < -0.39 is 0 Å². The maximum atomic E-state index is 12.2. The van der Waals surface area contributed by atoms with Gasteiger partial charge in [0.1, 0.15) is 17.8 Å². The van der Waals surface area contributed by atoms with Crippen molar-refractivity contribution in [1.82, 2.24) is 9.97 Å². The van der Waals surface area contributed by atoms with Crippen molar-refractivity contribution in [3.8, 4) is 0 Å². The van der Waals surface area contributed by atoms with E-state index in [1.54, 1.807) is 6.07 Å². The van der Waals surface area contributed by atoms with E-state index in [4.69, 9.17) is 0 Å². The van der Waals surface area contributed by atoms with Gasteiger partial charge in [0.2, 0.25) is 0 Å². The van der Waals surface area contributed by atoms with Crippen LogP contribution in [0.15, 0.2) is 41.1 Å². The molecule has 0 aliphatic heterocycles. The molecule has 0 atom stereocenters. The first-order chi connectivity index (χ1) is 10.5. The molecule has 6 heteroatoms. The lowest BCUT2D eigenvalue weighted by Gasteiger charge is -2.09. The third-order valence-corrected chi connectivity index (χ3v) is 3.56. The summed E-state index contributed by atoms with van der Waals surface area (Å²) < 4.78 is 0.962. The van der Waals surface area contributed by atoms with Crippen molar-refractivity contribution in [2.24, 2.45) is 5.92 Å². The normalized spacial score (nSPS) is 10.5. The highest BCUT2D eigenvalue weighted by molar-refractivity contribution is 9.10. The van der Waals surface area contributed by atoms with Crippen LogP contribution in [-0.2, 0) is 0 Å². The van der Waals surface area contributed by atoms with Gasteiger partial charge < -0.3 is 10.6 Å². The number of anilines is 2. The largest absolute Gasteiger partial charge is 0.370 e. The highest BCUT2D eigenvalue weighted by Gasteiger charge is 2.09. The van der Waals surface area contributed by atoms with E-state index in [1.807, 2.05) is 24.3 Å². The maximum Gasteiger partial charge on any atom is 0.274 e. The molecule has 0 bridgehead atoms. The third kappa shape index (κ3) is 5.11. The second kappa shape index (κ2) is 7.89. The lowest BCUT2D eigenvalue weighted by atomic mass is 10.1. The summed E-state index contributed by atoms with van der Waals surface area (Å²) >= 11 is 3.36. The minimum atomic E-state index is -0.253. The van der Waals surface area contributed by atoms with Crippen molar-refractivity contribution < 1.29 is 4.79 Å². The molecule has 0 spiro atoms. The van der Waals surface area contributed by atoms with Crippen LogP contribution in [0.25, 0.3) is 0 Å². The van der Waals surface area contributed by atoms with E-state index in [1.165, 1.54) is 6.33 Å². The molecule has 0 aliphatic rings. The second-order valence-electron chi connectivity index (χ2n) is 5.36. The van der Waals surface area contributed by atoms with Crippen LogP contribution in [0.3, 0.4) is 0 Å². The number of carbonyl (C=O) groups is 1. The number of hydrogen-bond donors (Lipinski definition) is 2. The van der Waals surface area contributed by atoms with Crippen molar-refractivity contribution in [3.05, 3.63) is 46.8 Å². The zero-order chi connectivity index (χ0) is 15.9. The average molecular weight is 363 g/mol. The summed E-state index contributed by atoms with van der Waals surface area (Å²) in [6, 6.07) is 9.05. The third-order valence-electron chi connectivity index (χ3n) is 3.03. The van der Waals surface area contributed by atoms with E-state index in [0.29, 0.717) is 17.4 Å². The molecule has 2 N–H and O–H groups in total. The molecule has 0 saturated carbocycles. The molecule has 0 unspecified atom stereocenters. The predicted octanol–water partition coefficient (Wildman–Crippen LogP) is 3.95. The molecule has 1 aromatic carbocycles. The van der Waals surface area contributed by atoms with Crippen LogP contribution in [0.4, 0.5) is 11.5 Å². The summed E-state index contributed by atoms with van der Waals surface area (Å²) in [5.74, 6) is 1.03. The number of nitrogens with zero attached hydrogens (tertiary/aromatic N) is 2. The van der Waals surface area contributed by atoms with Crippen molar-refractivity contribution in [1.29, 1.82) is 0 Å². The lowest BCUT2D eigenvalue weighted by Crippen LogP contribution is -2.15. The maximum absolute atomic E-state index is 12.2. The van der Waals surface area contributed by atoms with Gasteiger partial charge in [-0.2, -0.15) is 0 Å². The van der Waals surface area contributed by atoms with E-state index >= 15 is 0 Å². The molecule has 1 aromatic heterocycles.